The number of halogens is 1. The Bertz CT molecular complexity index is 585. The van der Waals surface area contributed by atoms with E-state index in [1.54, 1.807) is 18.2 Å². The summed E-state index contributed by atoms with van der Waals surface area (Å²) >= 11 is 3.27. The Kier molecular flexibility index (Phi) is 2.36. The molecule has 0 aliphatic carbocycles. The van der Waals surface area contributed by atoms with Crippen LogP contribution in [0.15, 0.2) is 31.9 Å². The van der Waals surface area contributed by atoms with Crippen LogP contribution >= 0.6 is 15.9 Å². The molecule has 0 saturated heterocycles. The molecule has 0 aliphatic heterocycles. The number of aromatic nitrogens is 1. The Morgan fingerprint density at radius 3 is 2.93 bits per heavy atom. The first-order valence-corrected chi connectivity index (χ1v) is 4.94. The standard InChI is InChI=1S/C9H7BrN2O3/c10-5-1-2-7-6(3-5)12(4-8(11)13)9(14)15-7/h1-3H,4H2,(H2,11,13). The van der Waals surface area contributed by atoms with Crippen molar-refractivity contribution in [3.8, 4) is 0 Å². The third-order valence-electron chi connectivity index (χ3n) is 1.94. The van der Waals surface area contributed by atoms with Crippen molar-refractivity contribution in [2.24, 2.45) is 5.73 Å². The van der Waals surface area contributed by atoms with Crippen molar-refractivity contribution in [2.45, 2.75) is 6.54 Å². The zero-order chi connectivity index (χ0) is 11.0. The van der Waals surface area contributed by atoms with Crippen LogP contribution in [0.5, 0.6) is 0 Å². The number of carbonyl (C=O) groups is 1. The monoisotopic (exact) mass is 270 g/mol. The lowest BCUT2D eigenvalue weighted by molar-refractivity contribution is -0.118. The van der Waals surface area contributed by atoms with Crippen molar-refractivity contribution in [1.82, 2.24) is 4.57 Å². The molecule has 0 aliphatic rings. The minimum atomic E-state index is -0.584. The SMILES string of the molecule is NC(=O)Cn1c(=O)oc2ccc(Br)cc21. The van der Waals surface area contributed by atoms with Crippen molar-refractivity contribution >= 4 is 32.9 Å². The van der Waals surface area contributed by atoms with Crippen LogP contribution in [0.3, 0.4) is 0 Å². The van der Waals surface area contributed by atoms with Gasteiger partial charge in [0, 0.05) is 4.47 Å². The normalized spacial score (nSPS) is 10.7. The highest BCUT2D eigenvalue weighted by molar-refractivity contribution is 9.10. The van der Waals surface area contributed by atoms with Crippen LogP contribution in [-0.4, -0.2) is 10.5 Å². The third kappa shape index (κ3) is 1.80. The number of oxazole rings is 1. The number of benzene rings is 1. The summed E-state index contributed by atoms with van der Waals surface area (Å²) in [7, 11) is 0. The molecule has 2 rings (SSSR count). The van der Waals surface area contributed by atoms with Gasteiger partial charge >= 0.3 is 5.76 Å². The highest BCUT2D eigenvalue weighted by Gasteiger charge is 2.10. The van der Waals surface area contributed by atoms with E-state index in [1.165, 1.54) is 4.57 Å². The molecule has 1 aromatic heterocycles. The molecule has 78 valence electrons. The van der Waals surface area contributed by atoms with Gasteiger partial charge in [0.05, 0.1) is 5.52 Å². The Hall–Kier alpha value is -1.56. The first-order valence-electron chi connectivity index (χ1n) is 4.15. The molecule has 0 fully saturated rings. The average Bonchev–Trinajstić information content (AvgIpc) is 2.43. The second kappa shape index (κ2) is 3.54. The summed E-state index contributed by atoms with van der Waals surface area (Å²) in [6.07, 6.45) is 0. The fourth-order valence-corrected chi connectivity index (χ4v) is 1.69. The van der Waals surface area contributed by atoms with E-state index in [4.69, 9.17) is 10.2 Å². The number of nitrogens with two attached hydrogens (primary N) is 1. The third-order valence-corrected chi connectivity index (χ3v) is 2.44. The van der Waals surface area contributed by atoms with Crippen LogP contribution in [0.4, 0.5) is 0 Å². The molecule has 15 heavy (non-hydrogen) atoms. The summed E-state index contributed by atoms with van der Waals surface area (Å²) in [4.78, 5) is 22.1. The van der Waals surface area contributed by atoms with Crippen LogP contribution in [0.2, 0.25) is 0 Å². The largest absolute Gasteiger partial charge is 0.420 e. The van der Waals surface area contributed by atoms with Crippen LogP contribution in [0.25, 0.3) is 11.1 Å². The second-order valence-corrected chi connectivity index (χ2v) is 3.95. The molecule has 0 radical (unpaired) electrons. The van der Waals surface area contributed by atoms with Gasteiger partial charge in [-0.15, -0.1) is 0 Å². The maximum absolute atomic E-state index is 11.4. The molecule has 0 atom stereocenters. The topological polar surface area (TPSA) is 78.2 Å². The summed E-state index contributed by atoms with van der Waals surface area (Å²) in [6, 6.07) is 5.10. The first kappa shape index (κ1) is 9.97. The Labute approximate surface area is 92.6 Å². The summed E-state index contributed by atoms with van der Waals surface area (Å²) in [5.74, 6) is -1.17. The van der Waals surface area contributed by atoms with Crippen molar-refractivity contribution in [3.05, 3.63) is 33.2 Å². The lowest BCUT2D eigenvalue weighted by Gasteiger charge is -1.97. The van der Waals surface area contributed by atoms with Crippen molar-refractivity contribution < 1.29 is 9.21 Å². The lowest BCUT2D eigenvalue weighted by Crippen LogP contribution is -2.24. The highest BCUT2D eigenvalue weighted by Crippen LogP contribution is 2.18. The molecule has 6 heteroatoms. The Balaban J connectivity index is 2.70. The van der Waals surface area contributed by atoms with Crippen LogP contribution in [0, 0.1) is 0 Å². The fraction of sp³-hybridized carbons (Fsp3) is 0.111. The van der Waals surface area contributed by atoms with Gasteiger partial charge in [-0.25, -0.2) is 4.79 Å². The highest BCUT2D eigenvalue weighted by atomic mass is 79.9. The van der Waals surface area contributed by atoms with E-state index in [-0.39, 0.29) is 6.54 Å². The number of amides is 1. The fourth-order valence-electron chi connectivity index (χ4n) is 1.34. The zero-order valence-corrected chi connectivity index (χ0v) is 9.15. The molecule has 1 aromatic carbocycles. The zero-order valence-electron chi connectivity index (χ0n) is 7.57. The van der Waals surface area contributed by atoms with Gasteiger partial charge in [0.1, 0.15) is 6.54 Å². The molecule has 5 nitrogen and oxygen atoms in total. The van der Waals surface area contributed by atoms with Gasteiger partial charge in [-0.3, -0.25) is 9.36 Å². The summed E-state index contributed by atoms with van der Waals surface area (Å²) in [5.41, 5.74) is 6.01. The quantitative estimate of drug-likeness (QED) is 0.879. The molecule has 1 heterocycles. The molecule has 1 amide bonds. The molecular weight excluding hydrogens is 264 g/mol. The summed E-state index contributed by atoms with van der Waals surface area (Å²) < 4.78 is 6.93. The van der Waals surface area contributed by atoms with E-state index in [0.29, 0.717) is 11.1 Å². The van der Waals surface area contributed by atoms with Gasteiger partial charge < -0.3 is 10.2 Å². The van der Waals surface area contributed by atoms with E-state index < -0.39 is 11.7 Å². The van der Waals surface area contributed by atoms with Gasteiger partial charge in [-0.05, 0) is 18.2 Å². The van der Waals surface area contributed by atoms with Gasteiger partial charge in [0.25, 0.3) is 0 Å². The second-order valence-electron chi connectivity index (χ2n) is 3.03. The lowest BCUT2D eigenvalue weighted by atomic mass is 10.3. The molecule has 2 N–H and O–H groups in total. The van der Waals surface area contributed by atoms with Crippen LogP contribution in [0.1, 0.15) is 0 Å². The van der Waals surface area contributed by atoms with E-state index in [0.717, 1.165) is 4.47 Å². The molecule has 0 unspecified atom stereocenters. The number of rotatable bonds is 2. The predicted molar refractivity (Wildman–Crippen MR) is 57.4 cm³/mol. The molecule has 0 saturated carbocycles. The van der Waals surface area contributed by atoms with Crippen molar-refractivity contribution in [2.75, 3.05) is 0 Å². The molecule has 0 bridgehead atoms. The average molecular weight is 271 g/mol. The predicted octanol–water partition coefficient (Wildman–Crippen LogP) is 0.842. The molecule has 2 aromatic rings. The van der Waals surface area contributed by atoms with E-state index >= 15 is 0 Å². The maximum atomic E-state index is 11.4. The van der Waals surface area contributed by atoms with Crippen LogP contribution < -0.4 is 11.5 Å². The van der Waals surface area contributed by atoms with E-state index in [1.807, 2.05) is 0 Å². The molecule has 0 spiro atoms. The minimum absolute atomic E-state index is 0.178. The number of hydrogen-bond acceptors (Lipinski definition) is 3. The van der Waals surface area contributed by atoms with Gasteiger partial charge in [-0.2, -0.15) is 0 Å². The van der Waals surface area contributed by atoms with Gasteiger partial charge in [-0.1, -0.05) is 15.9 Å². The minimum Gasteiger partial charge on any atom is -0.408 e. The number of fused-ring (bicyclic) bond motifs is 1. The smallest absolute Gasteiger partial charge is 0.408 e. The van der Waals surface area contributed by atoms with Crippen molar-refractivity contribution in [3.63, 3.8) is 0 Å². The van der Waals surface area contributed by atoms with E-state index in [2.05, 4.69) is 15.9 Å². The summed E-state index contributed by atoms with van der Waals surface area (Å²) in [5, 5.41) is 0. The Morgan fingerprint density at radius 2 is 2.27 bits per heavy atom. The van der Waals surface area contributed by atoms with Crippen LogP contribution in [-0.2, 0) is 11.3 Å². The van der Waals surface area contributed by atoms with Gasteiger partial charge in [0.15, 0.2) is 5.58 Å². The number of carbonyl (C=O) groups excluding carboxylic acids is 1. The molecular formula is C9H7BrN2O3. The number of nitrogens with zero attached hydrogens (tertiary/aromatic N) is 1. The number of primary amides is 1. The number of hydrogen-bond donors (Lipinski definition) is 1. The van der Waals surface area contributed by atoms with E-state index in [9.17, 15) is 9.59 Å². The van der Waals surface area contributed by atoms with Crippen molar-refractivity contribution in [1.29, 1.82) is 0 Å². The first-order chi connectivity index (χ1) is 7.08. The Morgan fingerprint density at radius 1 is 1.53 bits per heavy atom. The summed E-state index contributed by atoms with van der Waals surface area (Å²) in [6.45, 7) is -0.178. The van der Waals surface area contributed by atoms with Gasteiger partial charge in [0.2, 0.25) is 5.91 Å². The maximum Gasteiger partial charge on any atom is 0.420 e.